The Morgan fingerprint density at radius 1 is 1.18 bits per heavy atom. The van der Waals surface area contributed by atoms with Crippen molar-refractivity contribution < 1.29 is 18.7 Å². The van der Waals surface area contributed by atoms with Gasteiger partial charge < -0.3 is 23.9 Å². The van der Waals surface area contributed by atoms with Crippen molar-refractivity contribution in [1.82, 2.24) is 9.80 Å². The van der Waals surface area contributed by atoms with Gasteiger partial charge in [-0.3, -0.25) is 9.59 Å². The molecule has 2 aliphatic heterocycles. The van der Waals surface area contributed by atoms with E-state index in [4.69, 9.17) is 9.15 Å². The Morgan fingerprint density at radius 3 is 2.71 bits per heavy atom. The number of likely N-dealkylation sites (tertiary alicyclic amines) is 1. The van der Waals surface area contributed by atoms with Crippen LogP contribution >= 0.6 is 0 Å². The van der Waals surface area contributed by atoms with E-state index in [0.717, 1.165) is 30.3 Å². The molecule has 0 saturated carbocycles. The Bertz CT molecular complexity index is 828. The second kappa shape index (κ2) is 7.96. The van der Waals surface area contributed by atoms with Gasteiger partial charge in [0.15, 0.2) is 0 Å². The van der Waals surface area contributed by atoms with Crippen molar-refractivity contribution in [3.8, 4) is 5.75 Å². The molecule has 2 aliphatic rings. The average Bonchev–Trinajstić information content (AvgIpc) is 3.38. The van der Waals surface area contributed by atoms with E-state index in [0.29, 0.717) is 26.2 Å². The second-order valence-corrected chi connectivity index (χ2v) is 7.27. The van der Waals surface area contributed by atoms with E-state index in [1.165, 1.54) is 0 Å². The van der Waals surface area contributed by atoms with Gasteiger partial charge >= 0.3 is 0 Å². The molecule has 1 unspecified atom stereocenters. The first kappa shape index (κ1) is 18.4. The minimum absolute atomic E-state index is 0.0183. The summed E-state index contributed by atoms with van der Waals surface area (Å²) in [5, 5.41) is 0. The van der Waals surface area contributed by atoms with E-state index >= 15 is 0 Å². The minimum Gasteiger partial charge on any atom is -0.497 e. The fourth-order valence-corrected chi connectivity index (χ4v) is 3.93. The monoisotopic (exact) mass is 383 g/mol. The van der Waals surface area contributed by atoms with Crippen LogP contribution in [-0.4, -0.2) is 61.4 Å². The highest BCUT2D eigenvalue weighted by Crippen LogP contribution is 2.25. The number of ether oxygens (including phenoxy) is 1. The maximum Gasteiger partial charge on any atom is 0.228 e. The summed E-state index contributed by atoms with van der Waals surface area (Å²) in [5.74, 6) is 1.42. The van der Waals surface area contributed by atoms with Crippen molar-refractivity contribution in [2.75, 3.05) is 44.7 Å². The topological polar surface area (TPSA) is 66.2 Å². The third-order valence-electron chi connectivity index (χ3n) is 5.50. The zero-order valence-electron chi connectivity index (χ0n) is 16.0. The third kappa shape index (κ3) is 3.83. The number of rotatable bonds is 5. The molecule has 1 aromatic carbocycles. The molecule has 0 aliphatic carbocycles. The Balaban J connectivity index is 1.32. The van der Waals surface area contributed by atoms with Gasteiger partial charge in [-0.1, -0.05) is 6.07 Å². The largest absolute Gasteiger partial charge is 0.497 e. The van der Waals surface area contributed by atoms with Crippen LogP contribution in [0.2, 0.25) is 0 Å². The predicted molar refractivity (Wildman–Crippen MR) is 104 cm³/mol. The van der Waals surface area contributed by atoms with Crippen molar-refractivity contribution in [1.29, 1.82) is 0 Å². The molecule has 0 spiro atoms. The van der Waals surface area contributed by atoms with Gasteiger partial charge in [0.1, 0.15) is 11.5 Å². The van der Waals surface area contributed by atoms with Crippen molar-refractivity contribution in [2.24, 2.45) is 5.92 Å². The number of methoxy groups -OCH3 is 1. The third-order valence-corrected chi connectivity index (χ3v) is 5.50. The maximum absolute atomic E-state index is 12.9. The molecule has 2 fully saturated rings. The van der Waals surface area contributed by atoms with Crippen LogP contribution in [0.4, 0.5) is 5.69 Å². The first-order valence-electron chi connectivity index (χ1n) is 9.62. The second-order valence-electron chi connectivity index (χ2n) is 7.27. The fraction of sp³-hybridized carbons (Fsp3) is 0.429. The standard InChI is InChI=1S/C21H25N3O4/c1-27-18-5-2-4-17(13-18)22-7-9-23(10-8-22)21(26)16-12-20(25)24(14-16)15-19-6-3-11-28-19/h2-6,11,13,16H,7-10,12,14-15H2,1H3. The number of amides is 2. The summed E-state index contributed by atoms with van der Waals surface area (Å²) in [6.45, 7) is 3.77. The highest BCUT2D eigenvalue weighted by molar-refractivity contribution is 5.89. The van der Waals surface area contributed by atoms with Crippen molar-refractivity contribution in [2.45, 2.75) is 13.0 Å². The molecule has 3 heterocycles. The molecule has 4 rings (SSSR count). The van der Waals surface area contributed by atoms with Gasteiger partial charge in [0.05, 0.1) is 25.8 Å². The summed E-state index contributed by atoms with van der Waals surface area (Å²) in [7, 11) is 1.66. The van der Waals surface area contributed by atoms with Crippen LogP contribution in [0.5, 0.6) is 5.75 Å². The Morgan fingerprint density at radius 2 is 2.00 bits per heavy atom. The van der Waals surface area contributed by atoms with Gasteiger partial charge in [-0.2, -0.15) is 0 Å². The summed E-state index contributed by atoms with van der Waals surface area (Å²) in [6.07, 6.45) is 1.88. The number of hydrogen-bond acceptors (Lipinski definition) is 5. The number of nitrogens with zero attached hydrogens (tertiary/aromatic N) is 3. The van der Waals surface area contributed by atoms with Crippen LogP contribution < -0.4 is 9.64 Å². The summed E-state index contributed by atoms with van der Waals surface area (Å²) in [6, 6.07) is 11.6. The van der Waals surface area contributed by atoms with E-state index in [1.807, 2.05) is 29.2 Å². The average molecular weight is 383 g/mol. The Kier molecular flexibility index (Phi) is 5.23. The van der Waals surface area contributed by atoms with Gasteiger partial charge in [-0.05, 0) is 24.3 Å². The summed E-state index contributed by atoms with van der Waals surface area (Å²) >= 11 is 0. The number of carbonyl (C=O) groups excluding carboxylic acids is 2. The van der Waals surface area contributed by atoms with Gasteiger partial charge in [-0.25, -0.2) is 0 Å². The van der Waals surface area contributed by atoms with Crippen LogP contribution in [0.1, 0.15) is 12.2 Å². The molecule has 0 N–H and O–H groups in total. The predicted octanol–water partition coefficient (Wildman–Crippen LogP) is 1.99. The van der Waals surface area contributed by atoms with Crippen molar-refractivity contribution in [3.05, 3.63) is 48.4 Å². The number of furan rings is 1. The first-order valence-corrected chi connectivity index (χ1v) is 9.62. The normalized spacial score (nSPS) is 20.0. The van der Waals surface area contributed by atoms with Gasteiger partial charge in [0.25, 0.3) is 0 Å². The lowest BCUT2D eigenvalue weighted by atomic mass is 10.1. The molecule has 2 saturated heterocycles. The van der Waals surface area contributed by atoms with E-state index in [1.54, 1.807) is 24.3 Å². The molecule has 7 nitrogen and oxygen atoms in total. The summed E-state index contributed by atoms with van der Waals surface area (Å²) < 4.78 is 10.6. The molecular formula is C21H25N3O4. The molecule has 2 aromatic rings. The zero-order chi connectivity index (χ0) is 19.5. The van der Waals surface area contributed by atoms with E-state index in [2.05, 4.69) is 11.0 Å². The summed E-state index contributed by atoms with van der Waals surface area (Å²) in [4.78, 5) is 31.1. The van der Waals surface area contributed by atoms with Crippen molar-refractivity contribution in [3.63, 3.8) is 0 Å². The molecule has 1 atom stereocenters. The molecule has 1 aromatic heterocycles. The number of piperazine rings is 1. The molecule has 0 bridgehead atoms. The minimum atomic E-state index is -0.258. The lowest BCUT2D eigenvalue weighted by Gasteiger charge is -2.37. The molecule has 2 amide bonds. The fourth-order valence-electron chi connectivity index (χ4n) is 3.93. The zero-order valence-corrected chi connectivity index (χ0v) is 16.0. The SMILES string of the molecule is COc1cccc(N2CCN(C(=O)C3CC(=O)N(Cc4ccco4)C3)CC2)c1. The van der Waals surface area contributed by atoms with Crippen LogP contribution in [0.3, 0.4) is 0 Å². The van der Waals surface area contributed by atoms with Crippen LogP contribution in [0.15, 0.2) is 47.1 Å². The maximum atomic E-state index is 12.9. The lowest BCUT2D eigenvalue weighted by Crippen LogP contribution is -2.50. The quantitative estimate of drug-likeness (QED) is 0.790. The van der Waals surface area contributed by atoms with Gasteiger partial charge in [0, 0.05) is 50.9 Å². The molecule has 0 radical (unpaired) electrons. The first-order chi connectivity index (χ1) is 13.6. The lowest BCUT2D eigenvalue weighted by molar-refractivity contribution is -0.136. The van der Waals surface area contributed by atoms with Crippen LogP contribution in [0, 0.1) is 5.92 Å². The van der Waals surface area contributed by atoms with Crippen LogP contribution in [-0.2, 0) is 16.1 Å². The van der Waals surface area contributed by atoms with E-state index in [-0.39, 0.29) is 24.2 Å². The number of anilines is 1. The Labute approximate surface area is 164 Å². The number of benzene rings is 1. The Hall–Kier alpha value is -2.96. The highest BCUT2D eigenvalue weighted by atomic mass is 16.5. The number of hydrogen-bond donors (Lipinski definition) is 0. The van der Waals surface area contributed by atoms with Crippen LogP contribution in [0.25, 0.3) is 0 Å². The molecule has 148 valence electrons. The smallest absolute Gasteiger partial charge is 0.228 e. The summed E-state index contributed by atoms with van der Waals surface area (Å²) in [5.41, 5.74) is 1.10. The van der Waals surface area contributed by atoms with Crippen molar-refractivity contribution >= 4 is 17.5 Å². The molecule has 7 heteroatoms. The van der Waals surface area contributed by atoms with Gasteiger partial charge in [-0.15, -0.1) is 0 Å². The molecule has 28 heavy (non-hydrogen) atoms. The van der Waals surface area contributed by atoms with E-state index in [9.17, 15) is 9.59 Å². The van der Waals surface area contributed by atoms with E-state index < -0.39 is 0 Å². The highest BCUT2D eigenvalue weighted by Gasteiger charge is 2.37. The molecular weight excluding hydrogens is 358 g/mol. The van der Waals surface area contributed by atoms with Gasteiger partial charge in [0.2, 0.25) is 11.8 Å². The number of carbonyl (C=O) groups is 2.